The van der Waals surface area contributed by atoms with Crippen LogP contribution >= 0.6 is 11.8 Å². The first-order valence-electron chi connectivity index (χ1n) is 7.43. The number of amides is 2. The van der Waals surface area contributed by atoms with Crippen LogP contribution in [0.25, 0.3) is 0 Å². The summed E-state index contributed by atoms with van der Waals surface area (Å²) in [6, 6.07) is 12.9. The predicted octanol–water partition coefficient (Wildman–Crippen LogP) is 3.92. The first-order chi connectivity index (χ1) is 11.1. The zero-order valence-corrected chi connectivity index (χ0v) is 13.9. The number of aryl methyl sites for hydroxylation is 1. The summed E-state index contributed by atoms with van der Waals surface area (Å²) in [5.41, 5.74) is 1.79. The molecular formula is C17H18N4OS. The van der Waals surface area contributed by atoms with Crippen LogP contribution in [0, 0.1) is 6.92 Å². The molecule has 118 valence electrons. The third kappa shape index (κ3) is 3.71. The van der Waals surface area contributed by atoms with Gasteiger partial charge in [-0.25, -0.2) is 14.7 Å². The average Bonchev–Trinajstić information content (AvgIpc) is 2.94. The van der Waals surface area contributed by atoms with Crippen LogP contribution in [0.15, 0.2) is 53.7 Å². The average molecular weight is 326 g/mol. The molecule has 0 fully saturated rings. The molecule has 2 heterocycles. The fraction of sp³-hybridized carbons (Fsp3) is 0.235. The lowest BCUT2D eigenvalue weighted by Crippen LogP contribution is -2.39. The predicted molar refractivity (Wildman–Crippen MR) is 96.3 cm³/mol. The Labute approximate surface area is 139 Å². The molecular weight excluding hydrogens is 308 g/mol. The van der Waals surface area contributed by atoms with Gasteiger partial charge in [-0.3, -0.25) is 4.99 Å². The fourth-order valence-corrected chi connectivity index (χ4v) is 3.16. The van der Waals surface area contributed by atoms with Gasteiger partial charge in [0.05, 0.1) is 6.54 Å². The number of aliphatic imine (C=N–C) groups is 1. The van der Waals surface area contributed by atoms with Gasteiger partial charge in [0.2, 0.25) is 0 Å². The summed E-state index contributed by atoms with van der Waals surface area (Å²) in [5.74, 6) is 0.582. The molecule has 2 amide bonds. The molecule has 6 heteroatoms. The minimum atomic E-state index is -0.255. The summed E-state index contributed by atoms with van der Waals surface area (Å²) < 4.78 is 0. The number of rotatable bonds is 2. The molecule has 0 bridgehead atoms. The number of para-hydroxylation sites is 1. The minimum Gasteiger partial charge on any atom is -0.307 e. The minimum absolute atomic E-state index is 0.255. The van der Waals surface area contributed by atoms with E-state index < -0.39 is 0 Å². The highest BCUT2D eigenvalue weighted by Gasteiger charge is 2.28. The SMILES string of the molecule is Cc1ccnc(N(C(=O)Nc2ccccc2)C2=NC[C@@H](C)S2)c1. The summed E-state index contributed by atoms with van der Waals surface area (Å²) in [5, 5.41) is 3.95. The number of hydrogen-bond acceptors (Lipinski definition) is 4. The van der Waals surface area contributed by atoms with Crippen molar-refractivity contribution in [3.05, 3.63) is 54.2 Å². The molecule has 0 aliphatic carbocycles. The number of hydrogen-bond donors (Lipinski definition) is 1. The van der Waals surface area contributed by atoms with Crippen molar-refractivity contribution in [1.82, 2.24) is 4.98 Å². The molecule has 1 aliphatic heterocycles. The summed E-state index contributed by atoms with van der Waals surface area (Å²) in [4.78, 5) is 23.2. The van der Waals surface area contributed by atoms with Gasteiger partial charge in [0, 0.05) is 17.1 Å². The molecule has 0 saturated heterocycles. The number of anilines is 2. The Morgan fingerprint density at radius 2 is 2.09 bits per heavy atom. The number of thioether (sulfide) groups is 1. The fourth-order valence-electron chi connectivity index (χ4n) is 2.22. The first-order valence-corrected chi connectivity index (χ1v) is 8.31. The van der Waals surface area contributed by atoms with Crippen molar-refractivity contribution in [1.29, 1.82) is 0 Å². The summed E-state index contributed by atoms with van der Waals surface area (Å²) in [6.45, 7) is 4.78. The second-order valence-corrected chi connectivity index (χ2v) is 6.78. The largest absolute Gasteiger partial charge is 0.333 e. The first kappa shape index (κ1) is 15.6. The van der Waals surface area contributed by atoms with Gasteiger partial charge in [-0.15, -0.1) is 0 Å². The Morgan fingerprint density at radius 1 is 1.30 bits per heavy atom. The number of pyridine rings is 1. The molecule has 3 rings (SSSR count). The molecule has 0 saturated carbocycles. The molecule has 0 radical (unpaired) electrons. The molecule has 1 atom stereocenters. The van der Waals surface area contributed by atoms with Gasteiger partial charge in [0.25, 0.3) is 0 Å². The molecule has 0 unspecified atom stereocenters. The highest BCUT2D eigenvalue weighted by molar-refractivity contribution is 8.15. The van der Waals surface area contributed by atoms with E-state index in [-0.39, 0.29) is 6.03 Å². The monoisotopic (exact) mass is 326 g/mol. The van der Waals surface area contributed by atoms with Crippen molar-refractivity contribution < 1.29 is 4.79 Å². The van der Waals surface area contributed by atoms with Gasteiger partial charge in [-0.1, -0.05) is 36.9 Å². The Balaban J connectivity index is 1.90. The van der Waals surface area contributed by atoms with Gasteiger partial charge in [-0.05, 0) is 36.8 Å². The van der Waals surface area contributed by atoms with Crippen LogP contribution < -0.4 is 10.2 Å². The van der Waals surface area contributed by atoms with Crippen LogP contribution in [-0.2, 0) is 0 Å². The van der Waals surface area contributed by atoms with Crippen molar-refractivity contribution in [2.75, 3.05) is 16.8 Å². The molecule has 2 aromatic rings. The molecule has 0 spiro atoms. The number of urea groups is 1. The Bertz CT molecular complexity index is 732. The van der Waals surface area contributed by atoms with Crippen LogP contribution in [0.4, 0.5) is 16.3 Å². The van der Waals surface area contributed by atoms with Crippen molar-refractivity contribution >= 4 is 34.5 Å². The summed E-state index contributed by atoms with van der Waals surface area (Å²) >= 11 is 1.59. The number of carbonyl (C=O) groups is 1. The van der Waals surface area contributed by atoms with Gasteiger partial charge in [-0.2, -0.15) is 0 Å². The zero-order chi connectivity index (χ0) is 16.2. The Hall–Kier alpha value is -2.34. The lowest BCUT2D eigenvalue weighted by molar-refractivity contribution is 0.259. The van der Waals surface area contributed by atoms with Crippen LogP contribution in [0.2, 0.25) is 0 Å². The lowest BCUT2D eigenvalue weighted by atomic mass is 10.3. The maximum atomic E-state index is 12.8. The van der Waals surface area contributed by atoms with Crippen LogP contribution in [0.3, 0.4) is 0 Å². The molecule has 23 heavy (non-hydrogen) atoms. The Kier molecular flexibility index (Phi) is 4.62. The molecule has 5 nitrogen and oxygen atoms in total. The Morgan fingerprint density at radius 3 is 2.74 bits per heavy atom. The van der Waals surface area contributed by atoms with Crippen molar-refractivity contribution in [2.24, 2.45) is 4.99 Å². The maximum absolute atomic E-state index is 12.8. The molecule has 1 N–H and O–H groups in total. The van der Waals surface area contributed by atoms with E-state index in [4.69, 9.17) is 0 Å². The number of carbonyl (C=O) groups excluding carboxylic acids is 1. The number of nitrogens with one attached hydrogen (secondary N) is 1. The standard InChI is InChI=1S/C17H18N4OS/c1-12-8-9-18-15(10-12)21(17-19-11-13(2)23-17)16(22)20-14-6-4-3-5-7-14/h3-10,13H,11H2,1-2H3,(H,20,22)/t13-/m1/s1. The van der Waals surface area contributed by atoms with E-state index in [2.05, 4.69) is 22.2 Å². The van der Waals surface area contributed by atoms with Crippen molar-refractivity contribution in [2.45, 2.75) is 19.1 Å². The second kappa shape index (κ2) is 6.83. The van der Waals surface area contributed by atoms with Gasteiger partial charge in [0.15, 0.2) is 5.17 Å². The lowest BCUT2D eigenvalue weighted by Gasteiger charge is -2.22. The van der Waals surface area contributed by atoms with E-state index in [1.54, 1.807) is 22.9 Å². The molecule has 1 aromatic heterocycles. The third-order valence-electron chi connectivity index (χ3n) is 3.34. The molecule has 1 aliphatic rings. The number of amidine groups is 1. The quantitative estimate of drug-likeness (QED) is 0.910. The van der Waals surface area contributed by atoms with Crippen LogP contribution in [0.5, 0.6) is 0 Å². The highest BCUT2D eigenvalue weighted by Crippen LogP contribution is 2.27. The van der Waals surface area contributed by atoms with E-state index >= 15 is 0 Å². The van der Waals surface area contributed by atoms with Crippen LogP contribution in [0.1, 0.15) is 12.5 Å². The van der Waals surface area contributed by atoms with E-state index in [9.17, 15) is 4.79 Å². The number of benzene rings is 1. The van der Waals surface area contributed by atoms with Crippen molar-refractivity contribution in [3.63, 3.8) is 0 Å². The number of nitrogens with zero attached hydrogens (tertiary/aromatic N) is 3. The zero-order valence-electron chi connectivity index (χ0n) is 13.1. The van der Waals surface area contributed by atoms with Gasteiger partial charge < -0.3 is 5.32 Å². The highest BCUT2D eigenvalue weighted by atomic mass is 32.2. The van der Waals surface area contributed by atoms with Gasteiger partial charge >= 0.3 is 6.03 Å². The van der Waals surface area contributed by atoms with E-state index in [1.165, 1.54) is 0 Å². The normalized spacial score (nSPS) is 16.8. The van der Waals surface area contributed by atoms with Crippen molar-refractivity contribution in [3.8, 4) is 0 Å². The van der Waals surface area contributed by atoms with Gasteiger partial charge in [0.1, 0.15) is 5.82 Å². The van der Waals surface area contributed by atoms with E-state index in [1.807, 2.05) is 49.4 Å². The summed E-state index contributed by atoms with van der Waals surface area (Å²) in [6.07, 6.45) is 1.71. The third-order valence-corrected chi connectivity index (χ3v) is 4.41. The smallest absolute Gasteiger partial charge is 0.307 e. The molecule has 1 aromatic carbocycles. The summed E-state index contributed by atoms with van der Waals surface area (Å²) in [7, 11) is 0. The number of aromatic nitrogens is 1. The van der Waals surface area contributed by atoms with E-state index in [0.29, 0.717) is 22.8 Å². The topological polar surface area (TPSA) is 57.6 Å². The maximum Gasteiger partial charge on any atom is 0.333 e. The van der Waals surface area contributed by atoms with Crippen LogP contribution in [-0.4, -0.2) is 28.0 Å². The second-order valence-electron chi connectivity index (χ2n) is 5.37. The van der Waals surface area contributed by atoms with E-state index in [0.717, 1.165) is 11.3 Å².